The number of hydrogen-bond acceptors (Lipinski definition) is 2. The largest absolute Gasteiger partial charge is 0.389 e. The van der Waals surface area contributed by atoms with Crippen molar-refractivity contribution in [3.63, 3.8) is 0 Å². The summed E-state index contributed by atoms with van der Waals surface area (Å²) in [5.74, 6) is 0. The summed E-state index contributed by atoms with van der Waals surface area (Å²) in [4.78, 5) is 0. The van der Waals surface area contributed by atoms with Crippen LogP contribution in [-0.4, -0.2) is 37.6 Å². The van der Waals surface area contributed by atoms with Gasteiger partial charge in [-0.3, -0.25) is 0 Å². The second-order valence-electron chi connectivity index (χ2n) is 12.5. The predicted octanol–water partition coefficient (Wildman–Crippen LogP) is 9.16. The van der Waals surface area contributed by atoms with E-state index in [1.54, 1.807) is 0 Å². The first-order valence-electron chi connectivity index (χ1n) is 16.4. The zero-order chi connectivity index (χ0) is 31.3. The van der Waals surface area contributed by atoms with E-state index in [0.29, 0.717) is 19.6 Å². The molecule has 0 amide bonds. The summed E-state index contributed by atoms with van der Waals surface area (Å²) < 4.78 is 13.8. The molecule has 6 aromatic carbocycles. The molecule has 47 heavy (non-hydrogen) atoms. The Morgan fingerprint density at radius 1 is 0.383 bits per heavy atom. The van der Waals surface area contributed by atoms with Gasteiger partial charge in [0.15, 0.2) is 0 Å². The maximum atomic E-state index is 11.6. The van der Waals surface area contributed by atoms with Crippen molar-refractivity contribution in [1.29, 1.82) is 0 Å². The Labute approximate surface area is 272 Å². The van der Waals surface area contributed by atoms with Gasteiger partial charge in [0.2, 0.25) is 0 Å². The zero-order valence-corrected chi connectivity index (χ0v) is 26.0. The molecule has 0 fully saturated rings. The Kier molecular flexibility index (Phi) is 6.81. The lowest BCUT2D eigenvalue weighted by atomic mass is 10.2. The molecule has 5 nitrogen and oxygen atoms in total. The number of nitrogens with zero attached hydrogens (tertiary/aromatic N) is 3. The van der Waals surface area contributed by atoms with Crippen molar-refractivity contribution >= 4 is 65.4 Å². The van der Waals surface area contributed by atoms with Crippen LogP contribution < -0.4 is 0 Å². The maximum Gasteiger partial charge on any atom is 0.0952 e. The molecule has 0 saturated carbocycles. The fourth-order valence-electron chi connectivity index (χ4n) is 7.68. The van der Waals surface area contributed by atoms with Gasteiger partial charge in [-0.15, -0.1) is 0 Å². The van der Waals surface area contributed by atoms with Gasteiger partial charge in [-0.1, -0.05) is 109 Å². The van der Waals surface area contributed by atoms with Crippen LogP contribution in [0.2, 0.25) is 0 Å². The molecule has 5 heteroatoms. The molecule has 0 aliphatic rings. The maximum absolute atomic E-state index is 11.6. The third-order valence-electron chi connectivity index (χ3n) is 9.73. The summed E-state index contributed by atoms with van der Waals surface area (Å²) in [6.07, 6.45) is -0.894. The number of para-hydroxylation sites is 6. The Morgan fingerprint density at radius 3 is 0.936 bits per heavy atom. The van der Waals surface area contributed by atoms with E-state index in [-0.39, 0.29) is 12.7 Å². The minimum Gasteiger partial charge on any atom is -0.389 e. The topological polar surface area (TPSA) is 44.2 Å². The van der Waals surface area contributed by atoms with Crippen LogP contribution in [0.4, 0.5) is 0 Å². The third-order valence-corrected chi connectivity index (χ3v) is 9.73. The Morgan fingerprint density at radius 2 is 0.638 bits per heavy atom. The summed E-state index contributed by atoms with van der Waals surface area (Å²) in [5, 5.41) is 18.9. The minimum absolute atomic E-state index is 0.207. The van der Waals surface area contributed by atoms with E-state index in [4.69, 9.17) is 4.74 Å². The summed E-state index contributed by atoms with van der Waals surface area (Å²) in [6, 6.07) is 51.3. The van der Waals surface area contributed by atoms with Crippen molar-refractivity contribution in [2.45, 2.75) is 31.8 Å². The molecule has 0 bridgehead atoms. The number of fused-ring (bicyclic) bond motifs is 9. The van der Waals surface area contributed by atoms with Crippen LogP contribution in [0.15, 0.2) is 146 Å². The van der Waals surface area contributed by atoms with E-state index in [0.717, 1.165) is 11.0 Å². The van der Waals surface area contributed by atoms with Gasteiger partial charge in [-0.25, -0.2) is 0 Å². The van der Waals surface area contributed by atoms with E-state index in [1.807, 2.05) is 0 Å². The van der Waals surface area contributed by atoms with Crippen LogP contribution in [0.25, 0.3) is 65.4 Å². The van der Waals surface area contributed by atoms with Crippen LogP contribution in [0.5, 0.6) is 0 Å². The fourth-order valence-corrected chi connectivity index (χ4v) is 7.68. The number of aliphatic hydroxyl groups is 1. The summed E-state index contributed by atoms with van der Waals surface area (Å²) in [6.45, 7) is 1.97. The van der Waals surface area contributed by atoms with Gasteiger partial charge in [0.05, 0.1) is 38.4 Å². The van der Waals surface area contributed by atoms with Crippen molar-refractivity contribution in [3.05, 3.63) is 146 Å². The molecule has 0 spiro atoms. The molecule has 0 aliphatic carbocycles. The van der Waals surface area contributed by atoms with Gasteiger partial charge >= 0.3 is 0 Å². The highest BCUT2D eigenvalue weighted by Crippen LogP contribution is 2.33. The number of aliphatic hydroxyl groups excluding tert-OH is 1. The lowest BCUT2D eigenvalue weighted by molar-refractivity contribution is -0.0255. The quantitative estimate of drug-likeness (QED) is 0.176. The first kappa shape index (κ1) is 27.9. The first-order valence-corrected chi connectivity index (χ1v) is 16.4. The molecule has 1 atom stereocenters. The first-order chi connectivity index (χ1) is 23.2. The predicted molar refractivity (Wildman–Crippen MR) is 194 cm³/mol. The van der Waals surface area contributed by atoms with E-state index in [1.165, 1.54) is 54.4 Å². The van der Waals surface area contributed by atoms with Crippen LogP contribution in [-0.2, 0) is 24.4 Å². The molecule has 9 aromatic rings. The highest BCUT2D eigenvalue weighted by atomic mass is 16.5. The Bertz CT molecular complexity index is 2280. The second kappa shape index (κ2) is 11.5. The molecular formula is C42H35N3O2. The molecule has 1 N–H and O–H groups in total. The average molecular weight is 614 g/mol. The van der Waals surface area contributed by atoms with Crippen LogP contribution in [0.1, 0.15) is 0 Å². The van der Waals surface area contributed by atoms with Gasteiger partial charge in [0.25, 0.3) is 0 Å². The molecule has 3 aromatic heterocycles. The Balaban J connectivity index is 1.09. The highest BCUT2D eigenvalue weighted by molar-refractivity contribution is 6.09. The van der Waals surface area contributed by atoms with Crippen molar-refractivity contribution in [1.82, 2.24) is 13.7 Å². The van der Waals surface area contributed by atoms with Gasteiger partial charge in [-0.2, -0.15) is 0 Å². The van der Waals surface area contributed by atoms with E-state index in [9.17, 15) is 5.11 Å². The third kappa shape index (κ3) is 4.70. The van der Waals surface area contributed by atoms with Crippen LogP contribution in [0.3, 0.4) is 0 Å². The van der Waals surface area contributed by atoms with Crippen molar-refractivity contribution < 1.29 is 9.84 Å². The van der Waals surface area contributed by atoms with Crippen LogP contribution in [0, 0.1) is 0 Å². The summed E-state index contributed by atoms with van der Waals surface area (Å²) in [5.41, 5.74) is 7.01. The van der Waals surface area contributed by atoms with E-state index >= 15 is 0 Å². The van der Waals surface area contributed by atoms with Crippen molar-refractivity contribution in [2.75, 3.05) is 6.61 Å². The van der Waals surface area contributed by atoms with Gasteiger partial charge in [0, 0.05) is 65.4 Å². The van der Waals surface area contributed by atoms with E-state index < -0.39 is 6.10 Å². The van der Waals surface area contributed by atoms with Gasteiger partial charge < -0.3 is 23.5 Å². The van der Waals surface area contributed by atoms with Crippen LogP contribution >= 0.6 is 0 Å². The molecule has 0 radical (unpaired) electrons. The number of hydrogen-bond donors (Lipinski definition) is 1. The van der Waals surface area contributed by atoms with Gasteiger partial charge in [-0.05, 0) is 36.4 Å². The number of rotatable bonds is 9. The number of benzene rings is 6. The van der Waals surface area contributed by atoms with E-state index in [2.05, 4.69) is 159 Å². The SMILES string of the molecule is OC(COC(Cn1c2ccccc2c2ccccc21)Cn1c2ccccc2c2ccccc21)Cn1c2ccccc2c2ccccc21. The number of aromatic nitrogens is 3. The summed E-state index contributed by atoms with van der Waals surface area (Å²) in [7, 11) is 0. The second-order valence-corrected chi connectivity index (χ2v) is 12.5. The molecule has 230 valence electrons. The van der Waals surface area contributed by atoms with Crippen molar-refractivity contribution in [2.24, 2.45) is 0 Å². The Hall–Kier alpha value is -5.36. The molecule has 3 heterocycles. The average Bonchev–Trinajstić information content (AvgIpc) is 3.74. The van der Waals surface area contributed by atoms with Crippen molar-refractivity contribution in [3.8, 4) is 0 Å². The lowest BCUT2D eigenvalue weighted by Crippen LogP contribution is -2.31. The van der Waals surface area contributed by atoms with Gasteiger partial charge in [0.1, 0.15) is 0 Å². The molecule has 1 unspecified atom stereocenters. The molecular weight excluding hydrogens is 578 g/mol. The molecule has 9 rings (SSSR count). The highest BCUT2D eigenvalue weighted by Gasteiger charge is 2.21. The fraction of sp³-hybridized carbons (Fsp3) is 0.143. The zero-order valence-electron chi connectivity index (χ0n) is 26.0. The monoisotopic (exact) mass is 613 g/mol. The lowest BCUT2D eigenvalue weighted by Gasteiger charge is -2.24. The standard InChI is InChI=1S/C42H35N3O2/c46-29(25-43-37-19-7-1-13-31(37)32-14-2-8-20-38(32)43)28-47-30(26-44-39-21-9-3-15-33(39)34-16-4-10-22-40(34)44)27-45-41-23-11-5-17-35(41)36-18-6-12-24-42(36)45/h1-24,29-30,46H,25-28H2. The normalized spacial score (nSPS) is 12.9. The molecule has 0 saturated heterocycles. The number of ether oxygens (including phenoxy) is 1. The smallest absolute Gasteiger partial charge is 0.0952 e. The summed E-state index contributed by atoms with van der Waals surface area (Å²) >= 11 is 0. The minimum atomic E-state index is -0.687. The molecule has 0 aliphatic heterocycles.